The molecule has 0 unspecified atom stereocenters. The zero-order valence-corrected chi connectivity index (χ0v) is 24.2. The second-order valence-electron chi connectivity index (χ2n) is 11.9. The van der Waals surface area contributed by atoms with E-state index >= 15 is 0 Å². The summed E-state index contributed by atoms with van der Waals surface area (Å²) in [6, 6.07) is 33.3. The molecule has 5 heterocycles. The number of nitrogens with zero attached hydrogens (tertiary/aromatic N) is 5. The summed E-state index contributed by atoms with van der Waals surface area (Å²) in [5.74, 6) is 3.23. The van der Waals surface area contributed by atoms with Crippen molar-refractivity contribution in [1.29, 1.82) is 0 Å². The third-order valence-electron chi connectivity index (χ3n) is 8.14. The van der Waals surface area contributed by atoms with Gasteiger partial charge in [-0.3, -0.25) is 14.1 Å². The molecule has 43 heavy (non-hydrogen) atoms. The average molecular weight is 560 g/mol. The lowest BCUT2D eigenvalue weighted by molar-refractivity contribution is 0.484. The van der Waals surface area contributed by atoms with E-state index in [4.69, 9.17) is 9.72 Å². The number of rotatable bonds is 4. The summed E-state index contributed by atoms with van der Waals surface area (Å²) < 4.78 is 10.9. The van der Waals surface area contributed by atoms with Gasteiger partial charge in [0.1, 0.15) is 23.1 Å². The van der Waals surface area contributed by atoms with Crippen LogP contribution in [0.25, 0.3) is 55.2 Å². The molecule has 0 aliphatic carbocycles. The maximum absolute atomic E-state index is 6.56. The standard InChI is InChI=1S/C37H29N5O/c1-37(2,3)24-15-19-40-36(20-24)42-33-22-26(12-14-29(33)30-16-18-38-23-34(30)42)43-25-11-13-28-27-8-4-5-9-31(27)41(32(28)21-25)35-10-6-7-17-39-35/h4-23H,1-3H3. The van der Waals surface area contributed by atoms with Gasteiger partial charge in [-0.2, -0.15) is 0 Å². The van der Waals surface area contributed by atoms with Gasteiger partial charge >= 0.3 is 0 Å². The minimum absolute atomic E-state index is 0.000643. The van der Waals surface area contributed by atoms with Crippen LogP contribution in [0.15, 0.2) is 122 Å². The van der Waals surface area contributed by atoms with E-state index in [1.807, 2.05) is 55.1 Å². The molecular formula is C37H29N5O. The molecule has 0 saturated heterocycles. The second kappa shape index (κ2) is 9.53. The summed E-state index contributed by atoms with van der Waals surface area (Å²) in [6.45, 7) is 6.65. The van der Waals surface area contributed by atoms with Gasteiger partial charge in [0.15, 0.2) is 0 Å². The first-order valence-corrected chi connectivity index (χ1v) is 14.4. The lowest BCUT2D eigenvalue weighted by atomic mass is 9.88. The van der Waals surface area contributed by atoms with E-state index in [0.717, 1.165) is 61.4 Å². The van der Waals surface area contributed by atoms with Crippen LogP contribution in [0.3, 0.4) is 0 Å². The molecule has 0 atom stereocenters. The minimum Gasteiger partial charge on any atom is -0.457 e. The number of hydrogen-bond acceptors (Lipinski definition) is 4. The van der Waals surface area contributed by atoms with Crippen LogP contribution in [-0.2, 0) is 5.41 Å². The van der Waals surface area contributed by atoms with Crippen molar-refractivity contribution in [2.24, 2.45) is 0 Å². The summed E-state index contributed by atoms with van der Waals surface area (Å²) in [6.07, 6.45) is 7.46. The molecule has 8 rings (SSSR count). The Morgan fingerprint density at radius 1 is 0.535 bits per heavy atom. The van der Waals surface area contributed by atoms with Crippen molar-refractivity contribution in [3.8, 4) is 23.1 Å². The fourth-order valence-electron chi connectivity index (χ4n) is 6.05. The molecule has 0 fully saturated rings. The van der Waals surface area contributed by atoms with E-state index in [1.165, 1.54) is 10.9 Å². The molecule has 3 aromatic carbocycles. The van der Waals surface area contributed by atoms with Crippen LogP contribution in [0.2, 0.25) is 0 Å². The predicted molar refractivity (Wildman–Crippen MR) is 174 cm³/mol. The van der Waals surface area contributed by atoms with Crippen molar-refractivity contribution in [3.05, 3.63) is 127 Å². The number of aromatic nitrogens is 5. The van der Waals surface area contributed by atoms with Gasteiger partial charge in [-0.05, 0) is 71.6 Å². The minimum atomic E-state index is -0.000643. The van der Waals surface area contributed by atoms with Crippen LogP contribution in [0.4, 0.5) is 0 Å². The molecule has 0 saturated carbocycles. The maximum Gasteiger partial charge on any atom is 0.137 e. The maximum atomic E-state index is 6.56. The molecular weight excluding hydrogens is 530 g/mol. The highest BCUT2D eigenvalue weighted by atomic mass is 16.5. The largest absolute Gasteiger partial charge is 0.457 e. The molecule has 0 bridgehead atoms. The quantitative estimate of drug-likeness (QED) is 0.216. The van der Waals surface area contributed by atoms with Crippen molar-refractivity contribution in [1.82, 2.24) is 24.1 Å². The predicted octanol–water partition coefficient (Wildman–Crippen LogP) is 9.16. The zero-order valence-electron chi connectivity index (χ0n) is 24.2. The first-order valence-electron chi connectivity index (χ1n) is 14.4. The van der Waals surface area contributed by atoms with Crippen molar-refractivity contribution in [2.75, 3.05) is 0 Å². The van der Waals surface area contributed by atoms with Gasteiger partial charge in [0.05, 0.1) is 28.3 Å². The molecule has 0 aliphatic rings. The van der Waals surface area contributed by atoms with Gasteiger partial charge in [0.2, 0.25) is 0 Å². The molecule has 5 aromatic heterocycles. The lowest BCUT2D eigenvalue weighted by Gasteiger charge is -2.20. The highest BCUT2D eigenvalue weighted by Crippen LogP contribution is 2.37. The van der Waals surface area contributed by atoms with E-state index in [-0.39, 0.29) is 5.41 Å². The fraction of sp³-hybridized carbons (Fsp3) is 0.108. The van der Waals surface area contributed by atoms with Gasteiger partial charge in [-0.1, -0.05) is 45.0 Å². The van der Waals surface area contributed by atoms with Crippen LogP contribution in [0, 0.1) is 0 Å². The molecule has 208 valence electrons. The SMILES string of the molecule is CC(C)(C)c1ccnc(-n2c3cnccc3c3ccc(Oc4ccc5c6ccccc6n(-c6ccccn6)c5c4)cc32)c1. The molecule has 6 heteroatoms. The summed E-state index contributed by atoms with van der Waals surface area (Å²) in [7, 11) is 0. The van der Waals surface area contributed by atoms with Crippen LogP contribution in [-0.4, -0.2) is 24.1 Å². The highest BCUT2D eigenvalue weighted by Gasteiger charge is 2.19. The monoisotopic (exact) mass is 559 g/mol. The van der Waals surface area contributed by atoms with E-state index in [9.17, 15) is 0 Å². The Balaban J connectivity index is 1.28. The number of fused-ring (bicyclic) bond motifs is 6. The number of pyridine rings is 3. The lowest BCUT2D eigenvalue weighted by Crippen LogP contribution is -2.12. The van der Waals surface area contributed by atoms with E-state index in [1.54, 1.807) is 0 Å². The summed E-state index contributed by atoms with van der Waals surface area (Å²) in [5.41, 5.74) is 5.40. The molecule has 0 spiro atoms. The average Bonchev–Trinajstić information content (AvgIpc) is 3.53. The number of para-hydroxylation sites is 1. The van der Waals surface area contributed by atoms with Gasteiger partial charge in [0, 0.05) is 52.3 Å². The van der Waals surface area contributed by atoms with Crippen LogP contribution < -0.4 is 4.74 Å². The summed E-state index contributed by atoms with van der Waals surface area (Å²) in [5, 5.41) is 4.58. The molecule has 0 aliphatic heterocycles. The Hall–Kier alpha value is -5.49. The van der Waals surface area contributed by atoms with Crippen molar-refractivity contribution < 1.29 is 4.74 Å². The third-order valence-corrected chi connectivity index (χ3v) is 8.14. The Bertz CT molecular complexity index is 2310. The van der Waals surface area contributed by atoms with Crippen molar-refractivity contribution in [3.63, 3.8) is 0 Å². The normalized spacial score (nSPS) is 12.1. The third kappa shape index (κ3) is 4.14. The molecule has 6 nitrogen and oxygen atoms in total. The first kappa shape index (κ1) is 25.2. The summed E-state index contributed by atoms with van der Waals surface area (Å²) >= 11 is 0. The Kier molecular flexibility index (Phi) is 5.59. The highest BCUT2D eigenvalue weighted by molar-refractivity contribution is 6.10. The van der Waals surface area contributed by atoms with E-state index < -0.39 is 0 Å². The zero-order chi connectivity index (χ0) is 29.1. The van der Waals surface area contributed by atoms with E-state index in [2.05, 4.69) is 107 Å². The molecule has 0 amide bonds. The van der Waals surface area contributed by atoms with Crippen molar-refractivity contribution >= 4 is 43.6 Å². The smallest absolute Gasteiger partial charge is 0.137 e. The van der Waals surface area contributed by atoms with Crippen LogP contribution in [0.1, 0.15) is 26.3 Å². The van der Waals surface area contributed by atoms with Crippen LogP contribution in [0.5, 0.6) is 11.5 Å². The van der Waals surface area contributed by atoms with Gasteiger partial charge < -0.3 is 4.74 Å². The Morgan fingerprint density at radius 3 is 1.91 bits per heavy atom. The first-order chi connectivity index (χ1) is 21.0. The van der Waals surface area contributed by atoms with Gasteiger partial charge in [0.25, 0.3) is 0 Å². The summed E-state index contributed by atoms with van der Waals surface area (Å²) in [4.78, 5) is 13.9. The Morgan fingerprint density at radius 2 is 1.19 bits per heavy atom. The topological polar surface area (TPSA) is 57.8 Å². The molecule has 0 N–H and O–H groups in total. The molecule has 8 aromatic rings. The second-order valence-corrected chi connectivity index (χ2v) is 11.9. The molecule has 0 radical (unpaired) electrons. The van der Waals surface area contributed by atoms with Gasteiger partial charge in [-0.25, -0.2) is 9.97 Å². The Labute approximate surface area is 248 Å². The van der Waals surface area contributed by atoms with Crippen molar-refractivity contribution in [2.45, 2.75) is 26.2 Å². The number of benzene rings is 3. The van der Waals surface area contributed by atoms with Crippen LogP contribution >= 0.6 is 0 Å². The number of ether oxygens (including phenoxy) is 1. The van der Waals surface area contributed by atoms with Gasteiger partial charge in [-0.15, -0.1) is 0 Å². The fourth-order valence-corrected chi connectivity index (χ4v) is 6.05. The number of hydrogen-bond donors (Lipinski definition) is 0. The van der Waals surface area contributed by atoms with E-state index in [0.29, 0.717) is 0 Å².